The van der Waals surface area contributed by atoms with Crippen molar-refractivity contribution in [3.63, 3.8) is 0 Å². The van der Waals surface area contributed by atoms with Crippen LogP contribution in [0.5, 0.6) is 0 Å². The van der Waals surface area contributed by atoms with Crippen molar-refractivity contribution in [3.8, 4) is 0 Å². The number of carboxylic acids is 1. The quantitative estimate of drug-likeness (QED) is 0.859. The van der Waals surface area contributed by atoms with Crippen LogP contribution in [0.3, 0.4) is 0 Å². The molecule has 0 heterocycles. The number of aliphatic carboxylic acids is 1. The van der Waals surface area contributed by atoms with Gasteiger partial charge in [0.05, 0.1) is 11.5 Å². The van der Waals surface area contributed by atoms with Crippen molar-refractivity contribution in [2.24, 2.45) is 11.8 Å². The second-order valence-electron chi connectivity index (χ2n) is 4.52. The van der Waals surface area contributed by atoms with Crippen LogP contribution in [0, 0.1) is 11.8 Å². The lowest BCUT2D eigenvalue weighted by molar-refractivity contribution is -0.142. The Bertz CT molecular complexity index is 491. The first-order chi connectivity index (χ1) is 8.82. The van der Waals surface area contributed by atoms with Crippen LogP contribution in [0.15, 0.2) is 22.7 Å². The molecule has 0 radical (unpaired) electrons. The Balaban J connectivity index is 2.72. The normalized spacial score (nSPS) is 12.3. The summed E-state index contributed by atoms with van der Waals surface area (Å²) in [6.07, 6.45) is 0. The first-order valence-electron chi connectivity index (χ1n) is 5.79. The third kappa shape index (κ3) is 4.51. The van der Waals surface area contributed by atoms with Crippen molar-refractivity contribution in [3.05, 3.63) is 33.3 Å². The van der Waals surface area contributed by atoms with Gasteiger partial charge in [0.15, 0.2) is 0 Å². The molecule has 0 bridgehead atoms. The van der Waals surface area contributed by atoms with Crippen LogP contribution in [-0.2, 0) is 4.79 Å². The van der Waals surface area contributed by atoms with Gasteiger partial charge >= 0.3 is 5.97 Å². The highest BCUT2D eigenvalue weighted by atomic mass is 79.9. The monoisotopic (exact) mass is 347 g/mol. The molecule has 19 heavy (non-hydrogen) atoms. The lowest BCUT2D eigenvalue weighted by Crippen LogP contribution is -2.35. The zero-order valence-electron chi connectivity index (χ0n) is 10.6. The van der Waals surface area contributed by atoms with Gasteiger partial charge in [-0.25, -0.2) is 0 Å². The molecule has 0 aliphatic rings. The molecule has 0 saturated heterocycles. The van der Waals surface area contributed by atoms with Crippen LogP contribution in [0.4, 0.5) is 0 Å². The van der Waals surface area contributed by atoms with Gasteiger partial charge in [-0.15, -0.1) is 0 Å². The lowest BCUT2D eigenvalue weighted by atomic mass is 9.96. The highest BCUT2D eigenvalue weighted by Gasteiger charge is 2.22. The minimum Gasteiger partial charge on any atom is -0.481 e. The molecule has 1 amide bonds. The number of carboxylic acid groups (broad SMARTS) is 1. The van der Waals surface area contributed by atoms with Gasteiger partial charge in [-0.2, -0.15) is 0 Å². The van der Waals surface area contributed by atoms with E-state index < -0.39 is 11.9 Å². The van der Waals surface area contributed by atoms with E-state index in [2.05, 4.69) is 21.2 Å². The zero-order valence-corrected chi connectivity index (χ0v) is 13.0. The van der Waals surface area contributed by atoms with E-state index in [1.165, 1.54) is 0 Å². The highest BCUT2D eigenvalue weighted by molar-refractivity contribution is 9.10. The number of amides is 1. The number of carbonyl (C=O) groups is 2. The summed E-state index contributed by atoms with van der Waals surface area (Å²) >= 11 is 9.04. The predicted molar refractivity (Wildman–Crippen MR) is 77.4 cm³/mol. The van der Waals surface area contributed by atoms with Crippen molar-refractivity contribution in [1.82, 2.24) is 5.32 Å². The second-order valence-corrected chi connectivity index (χ2v) is 5.81. The minimum atomic E-state index is -0.912. The van der Waals surface area contributed by atoms with E-state index in [1.807, 2.05) is 13.8 Å². The standard InChI is InChI=1S/C13H15BrClNO3/c1-7(2)10(13(18)19)6-16-12(17)9-4-3-8(15)5-11(9)14/h3-5,7,10H,6H2,1-2H3,(H,16,17)(H,18,19). The Morgan fingerprint density at radius 1 is 1.42 bits per heavy atom. The van der Waals surface area contributed by atoms with Crippen molar-refractivity contribution in [1.29, 1.82) is 0 Å². The number of carbonyl (C=O) groups excluding carboxylic acids is 1. The highest BCUT2D eigenvalue weighted by Crippen LogP contribution is 2.21. The molecule has 1 aromatic rings. The first-order valence-corrected chi connectivity index (χ1v) is 6.96. The molecule has 1 atom stereocenters. The fraction of sp³-hybridized carbons (Fsp3) is 0.385. The average Bonchev–Trinajstić information content (AvgIpc) is 2.27. The van der Waals surface area contributed by atoms with E-state index in [0.29, 0.717) is 15.1 Å². The van der Waals surface area contributed by atoms with Gasteiger partial charge in [0.25, 0.3) is 5.91 Å². The zero-order chi connectivity index (χ0) is 14.6. The Labute approximate surface area is 125 Å². The number of hydrogen-bond donors (Lipinski definition) is 2. The predicted octanol–water partition coefficient (Wildman–Crippen LogP) is 3.19. The summed E-state index contributed by atoms with van der Waals surface area (Å²) in [6.45, 7) is 3.72. The number of halogens is 2. The van der Waals surface area contributed by atoms with E-state index in [0.717, 1.165) is 0 Å². The molecule has 0 fully saturated rings. The molecule has 1 rings (SSSR count). The molecule has 0 saturated carbocycles. The van der Waals surface area contributed by atoms with Gasteiger partial charge in [0.1, 0.15) is 0 Å². The van der Waals surface area contributed by atoms with Gasteiger partial charge < -0.3 is 10.4 Å². The summed E-state index contributed by atoms with van der Waals surface area (Å²) in [4.78, 5) is 23.0. The van der Waals surface area contributed by atoms with E-state index in [-0.39, 0.29) is 18.4 Å². The molecule has 104 valence electrons. The summed E-state index contributed by atoms with van der Waals surface area (Å²) in [5, 5.41) is 12.2. The molecular weight excluding hydrogens is 334 g/mol. The first kappa shape index (κ1) is 16.0. The lowest BCUT2D eigenvalue weighted by Gasteiger charge is -2.17. The van der Waals surface area contributed by atoms with E-state index in [4.69, 9.17) is 16.7 Å². The fourth-order valence-electron chi connectivity index (χ4n) is 1.58. The van der Waals surface area contributed by atoms with Gasteiger partial charge in [-0.05, 0) is 40.0 Å². The molecular formula is C13H15BrClNO3. The minimum absolute atomic E-state index is 0.0496. The van der Waals surface area contributed by atoms with Gasteiger partial charge in [0, 0.05) is 16.0 Å². The Morgan fingerprint density at radius 3 is 2.53 bits per heavy atom. The summed E-state index contributed by atoms with van der Waals surface area (Å²) in [6, 6.07) is 4.82. The van der Waals surface area contributed by atoms with Crippen LogP contribution in [-0.4, -0.2) is 23.5 Å². The summed E-state index contributed by atoms with van der Waals surface area (Å²) in [5.74, 6) is -1.89. The third-order valence-corrected chi connectivity index (χ3v) is 3.67. The summed E-state index contributed by atoms with van der Waals surface area (Å²) < 4.78 is 0.578. The fourth-order valence-corrected chi connectivity index (χ4v) is 2.44. The molecule has 2 N–H and O–H groups in total. The van der Waals surface area contributed by atoms with Crippen LogP contribution in [0.2, 0.25) is 5.02 Å². The van der Waals surface area contributed by atoms with E-state index >= 15 is 0 Å². The third-order valence-electron chi connectivity index (χ3n) is 2.78. The SMILES string of the molecule is CC(C)C(CNC(=O)c1ccc(Cl)cc1Br)C(=O)O. The Kier molecular flexibility index (Phi) is 5.82. The molecule has 1 unspecified atom stereocenters. The van der Waals surface area contributed by atoms with Crippen LogP contribution in [0.25, 0.3) is 0 Å². The van der Waals surface area contributed by atoms with Crippen LogP contribution >= 0.6 is 27.5 Å². The van der Waals surface area contributed by atoms with Gasteiger partial charge in [-0.3, -0.25) is 9.59 Å². The average molecular weight is 349 g/mol. The molecule has 1 aromatic carbocycles. The molecule has 4 nitrogen and oxygen atoms in total. The number of nitrogens with one attached hydrogen (secondary N) is 1. The molecule has 0 spiro atoms. The maximum Gasteiger partial charge on any atom is 0.308 e. The molecule has 0 aliphatic carbocycles. The smallest absolute Gasteiger partial charge is 0.308 e. The largest absolute Gasteiger partial charge is 0.481 e. The van der Waals surface area contributed by atoms with Crippen molar-refractivity contribution < 1.29 is 14.7 Å². The number of benzene rings is 1. The Morgan fingerprint density at radius 2 is 2.05 bits per heavy atom. The van der Waals surface area contributed by atoms with Crippen LogP contribution in [0.1, 0.15) is 24.2 Å². The van der Waals surface area contributed by atoms with Crippen molar-refractivity contribution >= 4 is 39.4 Å². The van der Waals surface area contributed by atoms with Gasteiger partial charge in [0.2, 0.25) is 0 Å². The topological polar surface area (TPSA) is 66.4 Å². The number of rotatable bonds is 5. The summed E-state index contributed by atoms with van der Waals surface area (Å²) in [5.41, 5.74) is 0.428. The molecule has 0 aliphatic heterocycles. The second kappa shape index (κ2) is 6.91. The molecule has 0 aromatic heterocycles. The number of hydrogen-bond acceptors (Lipinski definition) is 2. The van der Waals surface area contributed by atoms with Crippen molar-refractivity contribution in [2.75, 3.05) is 6.54 Å². The summed E-state index contributed by atoms with van der Waals surface area (Å²) in [7, 11) is 0. The van der Waals surface area contributed by atoms with Crippen LogP contribution < -0.4 is 5.32 Å². The van der Waals surface area contributed by atoms with E-state index in [1.54, 1.807) is 18.2 Å². The van der Waals surface area contributed by atoms with Crippen molar-refractivity contribution in [2.45, 2.75) is 13.8 Å². The van der Waals surface area contributed by atoms with Gasteiger partial charge in [-0.1, -0.05) is 25.4 Å². The maximum atomic E-state index is 11.9. The molecule has 6 heteroatoms. The Hall–Kier alpha value is -1.07. The maximum absolute atomic E-state index is 11.9. The van der Waals surface area contributed by atoms with E-state index in [9.17, 15) is 9.59 Å².